The number of nitrogens with one attached hydrogen (secondary N) is 1. The Hall–Kier alpha value is -0.120. The number of methoxy groups -OCH3 is 1. The van der Waals surface area contributed by atoms with Crippen LogP contribution in [0.4, 0.5) is 0 Å². The minimum atomic E-state index is 0.644. The molecule has 0 spiro atoms. The maximum atomic E-state index is 5.27. The fraction of sp³-hybridized carbons (Fsp3) is 1.00. The van der Waals surface area contributed by atoms with Crippen LogP contribution in [0.5, 0.6) is 0 Å². The van der Waals surface area contributed by atoms with Gasteiger partial charge in [-0.1, -0.05) is 6.92 Å². The standard InChI is InChI=1S/C11H22N2O/c1-3-11(8-14-2)13-6-9-4-12-5-10(9)7-13/h9-12H,3-8H2,1-2H3/t9-,10+,11?. The molecule has 2 rings (SSSR count). The second-order valence-corrected chi connectivity index (χ2v) is 4.65. The third-order valence-electron chi connectivity index (χ3n) is 3.76. The number of rotatable bonds is 4. The van der Waals surface area contributed by atoms with Crippen molar-refractivity contribution < 1.29 is 4.74 Å². The van der Waals surface area contributed by atoms with Crippen LogP contribution in [0.1, 0.15) is 13.3 Å². The minimum Gasteiger partial charge on any atom is -0.383 e. The van der Waals surface area contributed by atoms with Crippen molar-refractivity contribution in [3.8, 4) is 0 Å². The highest BCUT2D eigenvalue weighted by molar-refractivity contribution is 4.93. The number of hydrogen-bond acceptors (Lipinski definition) is 3. The Balaban J connectivity index is 1.87. The van der Waals surface area contributed by atoms with Gasteiger partial charge in [-0.25, -0.2) is 0 Å². The predicted molar refractivity (Wildman–Crippen MR) is 57.4 cm³/mol. The molecule has 2 heterocycles. The van der Waals surface area contributed by atoms with Crippen LogP contribution >= 0.6 is 0 Å². The smallest absolute Gasteiger partial charge is 0.0617 e. The van der Waals surface area contributed by atoms with E-state index in [0.29, 0.717) is 6.04 Å². The molecule has 0 aromatic heterocycles. The van der Waals surface area contributed by atoms with Gasteiger partial charge in [0.15, 0.2) is 0 Å². The molecule has 2 aliphatic rings. The number of nitrogens with zero attached hydrogens (tertiary/aromatic N) is 1. The monoisotopic (exact) mass is 198 g/mol. The molecule has 14 heavy (non-hydrogen) atoms. The molecule has 3 nitrogen and oxygen atoms in total. The van der Waals surface area contributed by atoms with Crippen molar-refractivity contribution in [3.63, 3.8) is 0 Å². The predicted octanol–water partition coefficient (Wildman–Crippen LogP) is 0.563. The molecule has 3 heteroatoms. The molecule has 0 aromatic carbocycles. The number of ether oxygens (including phenoxy) is 1. The van der Waals surface area contributed by atoms with Gasteiger partial charge < -0.3 is 10.1 Å². The van der Waals surface area contributed by atoms with Crippen LogP contribution < -0.4 is 5.32 Å². The van der Waals surface area contributed by atoms with Gasteiger partial charge in [-0.15, -0.1) is 0 Å². The molecule has 0 bridgehead atoms. The minimum absolute atomic E-state index is 0.644. The first-order valence-electron chi connectivity index (χ1n) is 5.78. The van der Waals surface area contributed by atoms with Crippen molar-refractivity contribution in [2.45, 2.75) is 19.4 Å². The Bertz CT molecular complexity index is 174. The highest BCUT2D eigenvalue weighted by atomic mass is 16.5. The van der Waals surface area contributed by atoms with Crippen molar-refractivity contribution in [1.82, 2.24) is 10.2 Å². The lowest BCUT2D eigenvalue weighted by atomic mass is 10.0. The van der Waals surface area contributed by atoms with Gasteiger partial charge in [0.1, 0.15) is 0 Å². The van der Waals surface area contributed by atoms with Crippen molar-refractivity contribution in [3.05, 3.63) is 0 Å². The first-order valence-corrected chi connectivity index (χ1v) is 5.78. The Morgan fingerprint density at radius 3 is 2.50 bits per heavy atom. The van der Waals surface area contributed by atoms with Crippen molar-refractivity contribution in [1.29, 1.82) is 0 Å². The van der Waals surface area contributed by atoms with E-state index in [2.05, 4.69) is 17.1 Å². The van der Waals surface area contributed by atoms with E-state index < -0.39 is 0 Å². The Morgan fingerprint density at radius 1 is 1.36 bits per heavy atom. The van der Waals surface area contributed by atoms with Gasteiger partial charge in [-0.3, -0.25) is 4.90 Å². The van der Waals surface area contributed by atoms with E-state index in [1.165, 1.54) is 32.6 Å². The molecule has 2 fully saturated rings. The maximum Gasteiger partial charge on any atom is 0.0617 e. The first kappa shape index (κ1) is 10.4. The zero-order valence-electron chi connectivity index (χ0n) is 9.33. The third kappa shape index (κ3) is 1.95. The van der Waals surface area contributed by atoms with E-state index in [4.69, 9.17) is 4.74 Å². The molecular formula is C11H22N2O. The van der Waals surface area contributed by atoms with Gasteiger partial charge in [-0.05, 0) is 31.3 Å². The summed E-state index contributed by atoms with van der Waals surface area (Å²) in [5, 5.41) is 3.48. The van der Waals surface area contributed by atoms with Gasteiger partial charge in [0.2, 0.25) is 0 Å². The lowest BCUT2D eigenvalue weighted by Gasteiger charge is -2.26. The summed E-state index contributed by atoms with van der Waals surface area (Å²) < 4.78 is 5.27. The molecule has 1 unspecified atom stereocenters. The topological polar surface area (TPSA) is 24.5 Å². The third-order valence-corrected chi connectivity index (χ3v) is 3.76. The van der Waals surface area contributed by atoms with E-state index in [0.717, 1.165) is 18.4 Å². The molecule has 2 saturated heterocycles. The molecule has 0 aromatic rings. The van der Waals surface area contributed by atoms with Crippen LogP contribution in [0.2, 0.25) is 0 Å². The number of likely N-dealkylation sites (tertiary alicyclic amines) is 1. The molecule has 0 aliphatic carbocycles. The van der Waals surface area contributed by atoms with E-state index in [9.17, 15) is 0 Å². The lowest BCUT2D eigenvalue weighted by Crippen LogP contribution is -2.38. The van der Waals surface area contributed by atoms with E-state index in [1.54, 1.807) is 7.11 Å². The summed E-state index contributed by atoms with van der Waals surface area (Å²) in [5.74, 6) is 1.81. The van der Waals surface area contributed by atoms with Crippen molar-refractivity contribution >= 4 is 0 Å². The zero-order valence-corrected chi connectivity index (χ0v) is 9.33. The maximum absolute atomic E-state index is 5.27. The quantitative estimate of drug-likeness (QED) is 0.714. The Labute approximate surface area is 86.8 Å². The van der Waals surface area contributed by atoms with E-state index in [1.807, 2.05) is 0 Å². The van der Waals surface area contributed by atoms with Crippen LogP contribution in [0.3, 0.4) is 0 Å². The van der Waals surface area contributed by atoms with Gasteiger partial charge in [0.25, 0.3) is 0 Å². The Morgan fingerprint density at radius 2 is 2.00 bits per heavy atom. The summed E-state index contributed by atoms with van der Waals surface area (Å²) in [6.45, 7) is 8.16. The summed E-state index contributed by atoms with van der Waals surface area (Å²) in [5.41, 5.74) is 0. The normalized spacial score (nSPS) is 34.7. The largest absolute Gasteiger partial charge is 0.383 e. The fourth-order valence-corrected chi connectivity index (χ4v) is 2.86. The van der Waals surface area contributed by atoms with Crippen LogP contribution in [-0.2, 0) is 4.74 Å². The molecule has 0 amide bonds. The molecule has 2 aliphatic heterocycles. The highest BCUT2D eigenvalue weighted by Gasteiger charge is 2.38. The second kappa shape index (κ2) is 4.60. The molecule has 0 saturated carbocycles. The molecular weight excluding hydrogens is 176 g/mol. The van der Waals surface area contributed by atoms with Gasteiger partial charge in [-0.2, -0.15) is 0 Å². The van der Waals surface area contributed by atoms with Crippen LogP contribution in [0.15, 0.2) is 0 Å². The summed E-state index contributed by atoms with van der Waals surface area (Å²) in [4.78, 5) is 2.62. The fourth-order valence-electron chi connectivity index (χ4n) is 2.86. The average molecular weight is 198 g/mol. The van der Waals surface area contributed by atoms with Crippen LogP contribution in [0, 0.1) is 11.8 Å². The number of fused-ring (bicyclic) bond motifs is 1. The van der Waals surface area contributed by atoms with Crippen LogP contribution in [-0.4, -0.2) is 50.8 Å². The van der Waals surface area contributed by atoms with E-state index >= 15 is 0 Å². The summed E-state index contributed by atoms with van der Waals surface area (Å²) >= 11 is 0. The van der Waals surface area contributed by atoms with Gasteiger partial charge >= 0.3 is 0 Å². The highest BCUT2D eigenvalue weighted by Crippen LogP contribution is 2.28. The average Bonchev–Trinajstić information content (AvgIpc) is 2.73. The lowest BCUT2D eigenvalue weighted by molar-refractivity contribution is 0.0981. The molecule has 1 N–H and O–H groups in total. The zero-order chi connectivity index (χ0) is 9.97. The number of hydrogen-bond donors (Lipinski definition) is 1. The molecule has 3 atom stereocenters. The van der Waals surface area contributed by atoms with Crippen LogP contribution in [0.25, 0.3) is 0 Å². The second-order valence-electron chi connectivity index (χ2n) is 4.65. The summed E-state index contributed by atoms with van der Waals surface area (Å²) in [6, 6.07) is 0.644. The van der Waals surface area contributed by atoms with Gasteiger partial charge in [0.05, 0.1) is 6.61 Å². The summed E-state index contributed by atoms with van der Waals surface area (Å²) in [7, 11) is 1.81. The SMILES string of the molecule is CCC(COC)N1C[C@H]2CNC[C@H]2C1. The summed E-state index contributed by atoms with van der Waals surface area (Å²) in [6.07, 6.45) is 1.21. The van der Waals surface area contributed by atoms with Crippen molar-refractivity contribution in [2.75, 3.05) is 39.9 Å². The first-order chi connectivity index (χ1) is 6.85. The van der Waals surface area contributed by atoms with Crippen molar-refractivity contribution in [2.24, 2.45) is 11.8 Å². The Kier molecular flexibility index (Phi) is 3.42. The molecule has 82 valence electrons. The van der Waals surface area contributed by atoms with E-state index in [-0.39, 0.29) is 0 Å². The van der Waals surface area contributed by atoms with Gasteiger partial charge in [0, 0.05) is 26.2 Å². The molecule has 0 radical (unpaired) electrons.